The van der Waals surface area contributed by atoms with Crippen LogP contribution in [0.5, 0.6) is 0 Å². The summed E-state index contributed by atoms with van der Waals surface area (Å²) in [4.78, 5) is 3.98. The van der Waals surface area contributed by atoms with E-state index in [2.05, 4.69) is 15.2 Å². The summed E-state index contributed by atoms with van der Waals surface area (Å²) in [6.45, 7) is 2.42. The maximum absolute atomic E-state index is 5.36. The van der Waals surface area contributed by atoms with Gasteiger partial charge in [0.2, 0.25) is 0 Å². The van der Waals surface area contributed by atoms with Crippen LogP contribution in [0.1, 0.15) is 6.92 Å². The highest BCUT2D eigenvalue weighted by molar-refractivity contribution is 5.23. The number of pyridine rings is 1. The van der Waals surface area contributed by atoms with Gasteiger partial charge in [0.25, 0.3) is 0 Å². The van der Waals surface area contributed by atoms with Gasteiger partial charge >= 0.3 is 0 Å². The molecule has 64 valence electrons. The number of nitrogens with two attached hydrogens (primary N) is 1. The molecule has 0 amide bonds. The molecule has 0 radical (unpaired) electrons. The predicted octanol–water partition coefficient (Wildman–Crippen LogP) is 1.51. The fourth-order valence-corrected chi connectivity index (χ4v) is 0.618. The molecule has 0 saturated heterocycles. The lowest BCUT2D eigenvalue weighted by Gasteiger charge is -1.97. The van der Waals surface area contributed by atoms with Gasteiger partial charge in [-0.1, -0.05) is 6.07 Å². The van der Waals surface area contributed by atoms with Crippen molar-refractivity contribution in [2.45, 2.75) is 13.0 Å². The molecule has 4 nitrogen and oxygen atoms in total. The van der Waals surface area contributed by atoms with E-state index >= 15 is 0 Å². The van der Waals surface area contributed by atoms with Crippen molar-refractivity contribution in [3.05, 3.63) is 24.4 Å². The Morgan fingerprint density at radius 3 is 3.00 bits per heavy atom. The van der Waals surface area contributed by atoms with Gasteiger partial charge < -0.3 is 5.73 Å². The molecule has 0 aliphatic heterocycles. The number of aromatic nitrogens is 1. The van der Waals surface area contributed by atoms with E-state index in [1.807, 2.05) is 19.1 Å². The third-order valence-corrected chi connectivity index (χ3v) is 1.35. The number of rotatable bonds is 3. The molecule has 12 heavy (non-hydrogen) atoms. The Kier molecular flexibility index (Phi) is 3.35. The third-order valence-electron chi connectivity index (χ3n) is 1.35. The van der Waals surface area contributed by atoms with Crippen LogP contribution in [0.4, 0.5) is 5.82 Å². The Bertz CT molecular complexity index is 244. The van der Waals surface area contributed by atoms with Gasteiger partial charge in [-0.3, -0.25) is 0 Å². The molecule has 0 fully saturated rings. The van der Waals surface area contributed by atoms with Crippen LogP contribution in [-0.4, -0.2) is 17.6 Å². The molecule has 1 atom stereocenters. The van der Waals surface area contributed by atoms with Crippen LogP contribution in [0.25, 0.3) is 0 Å². The highest BCUT2D eigenvalue weighted by Gasteiger charge is 1.93. The average molecular weight is 164 g/mol. The SMILES string of the molecule is CC(CN)N=Nc1ccccn1. The summed E-state index contributed by atoms with van der Waals surface area (Å²) in [7, 11) is 0. The molecular weight excluding hydrogens is 152 g/mol. The lowest BCUT2D eigenvalue weighted by atomic mass is 10.4. The fourth-order valence-electron chi connectivity index (χ4n) is 0.618. The fraction of sp³-hybridized carbons (Fsp3) is 0.375. The van der Waals surface area contributed by atoms with E-state index in [-0.39, 0.29) is 6.04 Å². The summed E-state index contributed by atoms with van der Waals surface area (Å²) < 4.78 is 0. The molecule has 1 unspecified atom stereocenters. The average Bonchev–Trinajstić information content (AvgIpc) is 2.16. The molecule has 0 bridgehead atoms. The second-order valence-electron chi connectivity index (χ2n) is 2.49. The van der Waals surface area contributed by atoms with E-state index in [1.165, 1.54) is 0 Å². The van der Waals surface area contributed by atoms with Gasteiger partial charge in [-0.25, -0.2) is 4.98 Å². The minimum atomic E-state index is 0.0620. The van der Waals surface area contributed by atoms with Crippen molar-refractivity contribution >= 4 is 5.82 Å². The third kappa shape index (κ3) is 2.75. The van der Waals surface area contributed by atoms with Crippen LogP contribution in [0.15, 0.2) is 34.6 Å². The van der Waals surface area contributed by atoms with Crippen LogP contribution >= 0.6 is 0 Å². The molecule has 1 rings (SSSR count). The van der Waals surface area contributed by atoms with Gasteiger partial charge in [0.1, 0.15) is 0 Å². The minimum Gasteiger partial charge on any atom is -0.328 e. The van der Waals surface area contributed by atoms with E-state index in [1.54, 1.807) is 12.3 Å². The first-order valence-corrected chi connectivity index (χ1v) is 3.85. The smallest absolute Gasteiger partial charge is 0.173 e. The van der Waals surface area contributed by atoms with Crippen molar-refractivity contribution in [3.8, 4) is 0 Å². The van der Waals surface area contributed by atoms with E-state index in [0.29, 0.717) is 12.4 Å². The molecule has 2 N–H and O–H groups in total. The van der Waals surface area contributed by atoms with Crippen LogP contribution in [0, 0.1) is 0 Å². The summed E-state index contributed by atoms with van der Waals surface area (Å²) >= 11 is 0. The Hall–Kier alpha value is -1.29. The summed E-state index contributed by atoms with van der Waals surface area (Å²) in [6, 6.07) is 5.57. The normalized spacial score (nSPS) is 13.5. The van der Waals surface area contributed by atoms with Crippen LogP contribution in [0.3, 0.4) is 0 Å². The first-order valence-electron chi connectivity index (χ1n) is 3.85. The number of hydrogen-bond donors (Lipinski definition) is 1. The maximum atomic E-state index is 5.36. The summed E-state index contributed by atoms with van der Waals surface area (Å²) in [5.41, 5.74) is 5.36. The van der Waals surface area contributed by atoms with Crippen molar-refractivity contribution in [3.63, 3.8) is 0 Å². The molecule has 0 aromatic carbocycles. The highest BCUT2D eigenvalue weighted by atomic mass is 15.2. The minimum absolute atomic E-state index is 0.0620. The standard InChI is InChI=1S/C8H12N4/c1-7(6-9)11-12-8-4-2-3-5-10-8/h2-5,7H,6,9H2,1H3. The number of hydrogen-bond acceptors (Lipinski definition) is 4. The zero-order chi connectivity index (χ0) is 8.81. The van der Waals surface area contributed by atoms with Gasteiger partial charge in [-0.15, -0.1) is 5.11 Å². The van der Waals surface area contributed by atoms with E-state index < -0.39 is 0 Å². The van der Waals surface area contributed by atoms with Crippen LogP contribution < -0.4 is 5.73 Å². The van der Waals surface area contributed by atoms with Crippen molar-refractivity contribution in [2.24, 2.45) is 16.0 Å². The summed E-state index contributed by atoms with van der Waals surface area (Å²) in [5.74, 6) is 0.623. The van der Waals surface area contributed by atoms with Crippen molar-refractivity contribution < 1.29 is 0 Å². The van der Waals surface area contributed by atoms with Crippen LogP contribution in [0.2, 0.25) is 0 Å². The molecule has 0 spiro atoms. The predicted molar refractivity (Wildman–Crippen MR) is 47.3 cm³/mol. The van der Waals surface area contributed by atoms with Gasteiger partial charge in [-0.2, -0.15) is 5.11 Å². The Morgan fingerprint density at radius 2 is 2.42 bits per heavy atom. The second kappa shape index (κ2) is 4.56. The summed E-state index contributed by atoms with van der Waals surface area (Å²) in [5, 5.41) is 7.86. The topological polar surface area (TPSA) is 63.6 Å². The monoisotopic (exact) mass is 164 g/mol. The Balaban J connectivity index is 2.58. The molecule has 1 aromatic rings. The number of nitrogens with zero attached hydrogens (tertiary/aromatic N) is 3. The maximum Gasteiger partial charge on any atom is 0.173 e. The van der Waals surface area contributed by atoms with E-state index in [4.69, 9.17) is 5.73 Å². The first kappa shape index (κ1) is 8.80. The lowest BCUT2D eigenvalue weighted by molar-refractivity contribution is 0.712. The number of azo groups is 1. The van der Waals surface area contributed by atoms with E-state index in [9.17, 15) is 0 Å². The second-order valence-corrected chi connectivity index (χ2v) is 2.49. The lowest BCUT2D eigenvalue weighted by Crippen LogP contribution is -2.12. The van der Waals surface area contributed by atoms with Gasteiger partial charge in [0.05, 0.1) is 6.04 Å². The molecule has 4 heteroatoms. The van der Waals surface area contributed by atoms with Gasteiger partial charge in [0.15, 0.2) is 5.82 Å². The molecule has 0 saturated carbocycles. The highest BCUT2D eigenvalue weighted by Crippen LogP contribution is 2.06. The van der Waals surface area contributed by atoms with Crippen molar-refractivity contribution in [2.75, 3.05) is 6.54 Å². The zero-order valence-electron chi connectivity index (χ0n) is 7.01. The Labute approximate surface area is 71.5 Å². The zero-order valence-corrected chi connectivity index (χ0v) is 7.01. The molecule has 1 heterocycles. The van der Waals surface area contributed by atoms with Gasteiger partial charge in [0, 0.05) is 12.7 Å². The largest absolute Gasteiger partial charge is 0.328 e. The Morgan fingerprint density at radius 1 is 1.58 bits per heavy atom. The van der Waals surface area contributed by atoms with E-state index in [0.717, 1.165) is 0 Å². The summed E-state index contributed by atoms with van der Waals surface area (Å²) in [6.07, 6.45) is 1.68. The molecular formula is C8H12N4. The molecule has 1 aromatic heterocycles. The molecule has 0 aliphatic carbocycles. The van der Waals surface area contributed by atoms with Crippen molar-refractivity contribution in [1.82, 2.24) is 4.98 Å². The van der Waals surface area contributed by atoms with Crippen LogP contribution in [-0.2, 0) is 0 Å². The molecule has 0 aliphatic rings. The first-order chi connectivity index (χ1) is 5.83. The van der Waals surface area contributed by atoms with Gasteiger partial charge in [-0.05, 0) is 19.1 Å². The van der Waals surface area contributed by atoms with Crippen molar-refractivity contribution in [1.29, 1.82) is 0 Å². The quantitative estimate of drug-likeness (QED) is 0.688.